The number of nitrogens with one attached hydrogen (secondary N) is 2. The lowest BCUT2D eigenvalue weighted by Crippen LogP contribution is -2.56. The van der Waals surface area contributed by atoms with Crippen molar-refractivity contribution in [3.05, 3.63) is 83.4 Å². The molecule has 2 atom stereocenters. The van der Waals surface area contributed by atoms with Crippen LogP contribution < -0.4 is 10.6 Å². The van der Waals surface area contributed by atoms with Crippen molar-refractivity contribution in [2.24, 2.45) is 5.92 Å². The van der Waals surface area contributed by atoms with Crippen LogP contribution in [0, 0.1) is 5.92 Å². The zero-order valence-corrected chi connectivity index (χ0v) is 29.0. The Morgan fingerprint density at radius 2 is 1.50 bits per heavy atom. The van der Waals surface area contributed by atoms with E-state index >= 15 is 0 Å². The molecule has 3 amide bonds. The van der Waals surface area contributed by atoms with Crippen molar-refractivity contribution in [1.29, 1.82) is 0 Å². The van der Waals surface area contributed by atoms with Gasteiger partial charge in [-0.1, -0.05) is 80.6 Å². The van der Waals surface area contributed by atoms with Gasteiger partial charge in [-0.05, 0) is 72.0 Å². The highest BCUT2D eigenvalue weighted by Gasteiger charge is 2.36. The van der Waals surface area contributed by atoms with E-state index in [2.05, 4.69) is 71.8 Å². The summed E-state index contributed by atoms with van der Waals surface area (Å²) < 4.78 is 0. The second-order valence-electron chi connectivity index (χ2n) is 14.5. The van der Waals surface area contributed by atoms with Gasteiger partial charge in [0, 0.05) is 70.6 Å². The highest BCUT2D eigenvalue weighted by molar-refractivity contribution is 5.90. The molecule has 48 heavy (non-hydrogen) atoms. The van der Waals surface area contributed by atoms with Gasteiger partial charge in [0.15, 0.2) is 0 Å². The molecular weight excluding hydrogens is 598 g/mol. The summed E-state index contributed by atoms with van der Waals surface area (Å²) in [6, 6.07) is 23.0. The van der Waals surface area contributed by atoms with E-state index in [4.69, 9.17) is 0 Å². The van der Waals surface area contributed by atoms with Crippen molar-refractivity contribution in [3.8, 4) is 0 Å². The highest BCUT2D eigenvalue weighted by Crippen LogP contribution is 2.28. The van der Waals surface area contributed by atoms with Gasteiger partial charge >= 0.3 is 0 Å². The van der Waals surface area contributed by atoms with Crippen LogP contribution in [0.15, 0.2) is 66.7 Å². The van der Waals surface area contributed by atoms with Gasteiger partial charge in [-0.3, -0.25) is 19.3 Å². The maximum absolute atomic E-state index is 14.4. The molecule has 3 aliphatic heterocycles. The van der Waals surface area contributed by atoms with Crippen LogP contribution in [0.4, 0.5) is 0 Å². The van der Waals surface area contributed by atoms with Gasteiger partial charge in [0.1, 0.15) is 6.04 Å². The van der Waals surface area contributed by atoms with Gasteiger partial charge in [-0.2, -0.15) is 0 Å². The van der Waals surface area contributed by atoms with E-state index in [-0.39, 0.29) is 23.8 Å². The monoisotopic (exact) mass is 651 g/mol. The number of carbonyl (C=O) groups excluding carboxylic acids is 3. The standard InChI is InChI=1S/C40H53N5O3/c1-28(2)27-45(33-16-21-43(22-17-33)29(3)46)34-18-23-44(24-19-34)40(48)38(25-32-12-8-11-30-9-4-6-13-35(30)32)42-39(47)26-37-36-14-7-5-10-31(36)15-20-41-37/h4-14,28,33-34,37-38,41H,15-27H2,1-3H3,(H,42,47)/t37-,38-/m1/s1. The number of rotatable bonds is 10. The molecule has 0 radical (unpaired) electrons. The summed E-state index contributed by atoms with van der Waals surface area (Å²) in [7, 11) is 0. The van der Waals surface area contributed by atoms with Crippen molar-refractivity contribution < 1.29 is 14.4 Å². The molecule has 0 aromatic heterocycles. The summed E-state index contributed by atoms with van der Waals surface area (Å²) >= 11 is 0. The highest BCUT2D eigenvalue weighted by atomic mass is 16.2. The third-order valence-electron chi connectivity index (χ3n) is 10.7. The predicted octanol–water partition coefficient (Wildman–Crippen LogP) is 5.10. The van der Waals surface area contributed by atoms with Crippen LogP contribution in [0.5, 0.6) is 0 Å². The first kappa shape index (κ1) is 34.1. The molecule has 0 unspecified atom stereocenters. The minimum Gasteiger partial charge on any atom is -0.344 e. The number of hydrogen-bond donors (Lipinski definition) is 2. The van der Waals surface area contributed by atoms with Crippen LogP contribution in [0.25, 0.3) is 10.8 Å². The molecule has 2 saturated heterocycles. The van der Waals surface area contributed by atoms with Crippen LogP contribution in [-0.4, -0.2) is 89.8 Å². The van der Waals surface area contributed by atoms with Gasteiger partial charge in [-0.25, -0.2) is 0 Å². The first-order chi connectivity index (χ1) is 23.3. The van der Waals surface area contributed by atoms with E-state index in [1.807, 2.05) is 34.1 Å². The summed E-state index contributed by atoms with van der Waals surface area (Å²) in [5.74, 6) is 0.622. The zero-order valence-electron chi connectivity index (χ0n) is 29.0. The maximum Gasteiger partial charge on any atom is 0.245 e. The smallest absolute Gasteiger partial charge is 0.245 e. The fraction of sp³-hybridized carbons (Fsp3) is 0.525. The topological polar surface area (TPSA) is 85.0 Å². The molecule has 3 aromatic rings. The van der Waals surface area contributed by atoms with Gasteiger partial charge in [0.2, 0.25) is 17.7 Å². The third kappa shape index (κ3) is 8.09. The largest absolute Gasteiger partial charge is 0.344 e. The molecule has 2 fully saturated rings. The van der Waals surface area contributed by atoms with Crippen LogP contribution in [0.3, 0.4) is 0 Å². The lowest BCUT2D eigenvalue weighted by atomic mass is 9.92. The molecule has 6 rings (SSSR count). The number of nitrogens with zero attached hydrogens (tertiary/aromatic N) is 3. The van der Waals surface area contributed by atoms with Crippen LogP contribution >= 0.6 is 0 Å². The summed E-state index contributed by atoms with van der Waals surface area (Å²) in [6.45, 7) is 11.1. The molecule has 2 N–H and O–H groups in total. The first-order valence-corrected chi connectivity index (χ1v) is 18.1. The lowest BCUT2D eigenvalue weighted by molar-refractivity contribution is -0.138. The SMILES string of the molecule is CC(=O)N1CCC(N(CC(C)C)C2CCN(C(=O)[C@@H](Cc3cccc4ccccc34)NC(=O)C[C@H]3NCCc4ccccc43)CC2)CC1. The fourth-order valence-corrected chi connectivity index (χ4v) is 8.27. The molecule has 8 nitrogen and oxygen atoms in total. The number of hydrogen-bond acceptors (Lipinski definition) is 5. The maximum atomic E-state index is 14.4. The second-order valence-corrected chi connectivity index (χ2v) is 14.5. The average molecular weight is 652 g/mol. The Morgan fingerprint density at radius 1 is 0.854 bits per heavy atom. The number of fused-ring (bicyclic) bond motifs is 2. The Morgan fingerprint density at radius 3 is 2.21 bits per heavy atom. The van der Waals surface area contributed by atoms with E-state index in [1.54, 1.807) is 6.92 Å². The van der Waals surface area contributed by atoms with Crippen LogP contribution in [-0.2, 0) is 27.2 Å². The quantitative estimate of drug-likeness (QED) is 0.319. The van der Waals surface area contributed by atoms with Crippen molar-refractivity contribution >= 4 is 28.5 Å². The van der Waals surface area contributed by atoms with Gasteiger partial charge in [0.05, 0.1) is 0 Å². The third-order valence-corrected chi connectivity index (χ3v) is 10.7. The molecule has 8 heteroatoms. The Kier molecular flexibility index (Phi) is 11.1. The summed E-state index contributed by atoms with van der Waals surface area (Å²) in [5.41, 5.74) is 3.54. The average Bonchev–Trinajstić information content (AvgIpc) is 3.10. The molecule has 0 spiro atoms. The second kappa shape index (κ2) is 15.6. The van der Waals surface area contributed by atoms with Crippen molar-refractivity contribution in [2.45, 2.75) is 89.9 Å². The molecule has 3 aliphatic rings. The van der Waals surface area contributed by atoms with Crippen molar-refractivity contribution in [3.63, 3.8) is 0 Å². The molecule has 3 aromatic carbocycles. The predicted molar refractivity (Wildman–Crippen MR) is 192 cm³/mol. The lowest BCUT2D eigenvalue weighted by Gasteiger charge is -2.46. The van der Waals surface area contributed by atoms with E-state index in [0.29, 0.717) is 43.9 Å². The van der Waals surface area contributed by atoms with Gasteiger partial charge in [-0.15, -0.1) is 0 Å². The summed E-state index contributed by atoms with van der Waals surface area (Å²) in [4.78, 5) is 46.7. The van der Waals surface area contributed by atoms with E-state index < -0.39 is 6.04 Å². The Labute approximate surface area is 286 Å². The number of likely N-dealkylation sites (tertiary alicyclic amines) is 2. The van der Waals surface area contributed by atoms with Crippen LogP contribution in [0.2, 0.25) is 0 Å². The molecule has 256 valence electrons. The summed E-state index contributed by atoms with van der Waals surface area (Å²) in [6.07, 6.45) is 5.56. The Hall–Kier alpha value is -3.75. The molecule has 0 aliphatic carbocycles. The van der Waals surface area contributed by atoms with Gasteiger partial charge in [0.25, 0.3) is 0 Å². The zero-order chi connectivity index (χ0) is 33.6. The van der Waals surface area contributed by atoms with E-state index in [0.717, 1.165) is 74.6 Å². The van der Waals surface area contributed by atoms with Crippen LogP contribution in [0.1, 0.15) is 75.6 Å². The Balaban J connectivity index is 1.15. The number of carbonyl (C=O) groups is 3. The Bertz CT molecular complexity index is 1570. The molecular formula is C40H53N5O3. The fourth-order valence-electron chi connectivity index (χ4n) is 8.27. The first-order valence-electron chi connectivity index (χ1n) is 18.1. The van der Waals surface area contributed by atoms with Crippen molar-refractivity contribution in [1.82, 2.24) is 25.3 Å². The summed E-state index contributed by atoms with van der Waals surface area (Å²) in [5, 5.41) is 9.00. The minimum atomic E-state index is -0.638. The number of piperidine rings is 2. The number of amides is 3. The van der Waals surface area contributed by atoms with Gasteiger partial charge < -0.3 is 20.4 Å². The number of benzene rings is 3. The van der Waals surface area contributed by atoms with Crippen molar-refractivity contribution in [2.75, 3.05) is 39.3 Å². The molecule has 0 bridgehead atoms. The normalized spacial score (nSPS) is 19.8. The minimum absolute atomic E-state index is 0.0110. The van der Waals surface area contributed by atoms with E-state index in [1.165, 1.54) is 11.1 Å². The molecule has 0 saturated carbocycles. The van der Waals surface area contributed by atoms with E-state index in [9.17, 15) is 14.4 Å². The molecule has 3 heterocycles.